The molecule has 20 heavy (non-hydrogen) atoms. The van der Waals surface area contributed by atoms with E-state index in [1.54, 1.807) is 0 Å². The summed E-state index contributed by atoms with van der Waals surface area (Å²) in [4.78, 5) is 0. The van der Waals surface area contributed by atoms with E-state index in [1.165, 1.54) is 37.7 Å². The maximum atomic E-state index is 6.24. The van der Waals surface area contributed by atoms with Gasteiger partial charge in [0.05, 0.1) is 12.2 Å². The average Bonchev–Trinajstić information content (AvgIpc) is 2.87. The second kappa shape index (κ2) is 4.87. The van der Waals surface area contributed by atoms with Gasteiger partial charge in [-0.2, -0.15) is 5.10 Å². The number of aromatic nitrogens is 2. The molecule has 110 valence electrons. The van der Waals surface area contributed by atoms with E-state index in [0.29, 0.717) is 6.04 Å². The molecule has 1 atom stereocenters. The van der Waals surface area contributed by atoms with Crippen LogP contribution in [0.2, 0.25) is 0 Å². The maximum Gasteiger partial charge on any atom is 0.0576 e. The lowest BCUT2D eigenvalue weighted by molar-refractivity contribution is -0.0336. The minimum absolute atomic E-state index is 0.172. The van der Waals surface area contributed by atoms with E-state index in [9.17, 15) is 0 Å². The first-order valence-electron chi connectivity index (χ1n) is 8.54. The molecule has 1 heterocycles. The molecule has 4 saturated carbocycles. The van der Waals surface area contributed by atoms with Crippen molar-refractivity contribution in [3.05, 3.63) is 18.0 Å². The predicted octanol–water partition coefficient (Wildman–Crippen LogP) is 3.68. The van der Waals surface area contributed by atoms with Gasteiger partial charge >= 0.3 is 0 Å². The van der Waals surface area contributed by atoms with E-state index >= 15 is 0 Å². The molecular formula is C17H27N3. The van der Waals surface area contributed by atoms with Crippen LogP contribution in [-0.2, 0) is 0 Å². The fourth-order valence-electron chi connectivity index (χ4n) is 5.51. The maximum absolute atomic E-state index is 6.24. The lowest BCUT2D eigenvalue weighted by Gasteiger charge is -2.54. The Morgan fingerprint density at radius 1 is 1.20 bits per heavy atom. The number of hydrogen-bond donors (Lipinski definition) is 1. The van der Waals surface area contributed by atoms with Crippen molar-refractivity contribution in [1.29, 1.82) is 0 Å². The lowest BCUT2D eigenvalue weighted by atomic mass is 9.54. The highest BCUT2D eigenvalue weighted by Gasteiger charge is 2.49. The molecule has 0 aliphatic heterocycles. The number of hydrogen-bond acceptors (Lipinski definition) is 2. The van der Waals surface area contributed by atoms with Crippen LogP contribution in [0.15, 0.2) is 12.4 Å². The van der Waals surface area contributed by atoms with Crippen molar-refractivity contribution < 1.29 is 0 Å². The van der Waals surface area contributed by atoms with Gasteiger partial charge < -0.3 is 5.73 Å². The van der Waals surface area contributed by atoms with Crippen LogP contribution in [0.1, 0.15) is 69.5 Å². The van der Waals surface area contributed by atoms with Crippen LogP contribution in [0.25, 0.3) is 0 Å². The molecular weight excluding hydrogens is 246 g/mol. The van der Waals surface area contributed by atoms with Crippen molar-refractivity contribution in [3.63, 3.8) is 0 Å². The normalized spacial score (nSPS) is 40.2. The molecule has 3 nitrogen and oxygen atoms in total. The third-order valence-corrected chi connectivity index (χ3v) is 6.13. The van der Waals surface area contributed by atoms with Crippen molar-refractivity contribution in [2.75, 3.05) is 0 Å². The van der Waals surface area contributed by atoms with Crippen LogP contribution in [0, 0.1) is 23.7 Å². The zero-order valence-corrected chi connectivity index (χ0v) is 12.5. The van der Waals surface area contributed by atoms with E-state index in [4.69, 9.17) is 10.8 Å². The number of nitrogens with two attached hydrogens (primary N) is 1. The van der Waals surface area contributed by atoms with Gasteiger partial charge in [-0.1, -0.05) is 13.3 Å². The fourth-order valence-corrected chi connectivity index (χ4v) is 5.51. The zero-order chi connectivity index (χ0) is 13.7. The fraction of sp³-hybridized carbons (Fsp3) is 0.824. The van der Waals surface area contributed by atoms with E-state index in [0.717, 1.165) is 36.5 Å². The van der Waals surface area contributed by atoms with Gasteiger partial charge in [-0.3, -0.25) is 4.68 Å². The molecule has 1 aromatic heterocycles. The molecule has 0 spiro atoms. The van der Waals surface area contributed by atoms with Crippen molar-refractivity contribution >= 4 is 0 Å². The van der Waals surface area contributed by atoms with Crippen LogP contribution in [0.5, 0.6) is 0 Å². The minimum atomic E-state index is 0.172. The molecule has 0 aromatic carbocycles. The summed E-state index contributed by atoms with van der Waals surface area (Å²) < 4.78 is 2.29. The summed E-state index contributed by atoms with van der Waals surface area (Å²) in [6.07, 6.45) is 13.8. The molecule has 4 fully saturated rings. The summed E-state index contributed by atoms with van der Waals surface area (Å²) in [6, 6.07) is 0.843. The van der Waals surface area contributed by atoms with Gasteiger partial charge in [-0.15, -0.1) is 0 Å². The molecule has 4 aliphatic carbocycles. The standard InChI is InChI=1S/C17H27N3/c1-2-3-16(18)15-9-19-20(10-15)17-13-5-11-4-12(7-13)8-14(17)6-11/h9-14,16-17H,2-8,18H2,1H3. The second-order valence-electron chi connectivity index (χ2n) is 7.57. The Hall–Kier alpha value is -0.830. The summed E-state index contributed by atoms with van der Waals surface area (Å²) in [5.41, 5.74) is 7.48. The van der Waals surface area contributed by atoms with Crippen molar-refractivity contribution in [1.82, 2.24) is 9.78 Å². The van der Waals surface area contributed by atoms with E-state index in [-0.39, 0.29) is 6.04 Å². The third-order valence-electron chi connectivity index (χ3n) is 6.13. The van der Waals surface area contributed by atoms with Crippen molar-refractivity contribution in [3.8, 4) is 0 Å². The molecule has 4 bridgehead atoms. The van der Waals surface area contributed by atoms with Gasteiger partial charge in [0.1, 0.15) is 0 Å². The van der Waals surface area contributed by atoms with Crippen LogP contribution < -0.4 is 5.73 Å². The summed E-state index contributed by atoms with van der Waals surface area (Å²) in [5.74, 6) is 3.85. The Labute approximate surface area is 121 Å². The summed E-state index contributed by atoms with van der Waals surface area (Å²) >= 11 is 0. The van der Waals surface area contributed by atoms with Gasteiger partial charge in [0.25, 0.3) is 0 Å². The first kappa shape index (κ1) is 12.9. The highest BCUT2D eigenvalue weighted by atomic mass is 15.3. The first-order chi connectivity index (χ1) is 9.74. The molecule has 0 radical (unpaired) electrons. The summed E-state index contributed by atoms with van der Waals surface area (Å²) in [6.45, 7) is 2.20. The first-order valence-corrected chi connectivity index (χ1v) is 8.54. The average molecular weight is 273 g/mol. The highest BCUT2D eigenvalue weighted by molar-refractivity contribution is 5.11. The van der Waals surface area contributed by atoms with Gasteiger partial charge in [0.2, 0.25) is 0 Å². The van der Waals surface area contributed by atoms with Crippen LogP contribution >= 0.6 is 0 Å². The molecule has 0 amide bonds. The Morgan fingerprint density at radius 3 is 2.45 bits per heavy atom. The van der Waals surface area contributed by atoms with Crippen molar-refractivity contribution in [2.24, 2.45) is 29.4 Å². The van der Waals surface area contributed by atoms with Gasteiger partial charge in [0.15, 0.2) is 0 Å². The molecule has 0 saturated heterocycles. The number of nitrogens with zero attached hydrogens (tertiary/aromatic N) is 2. The lowest BCUT2D eigenvalue weighted by Crippen LogP contribution is -2.46. The Kier molecular flexibility index (Phi) is 3.13. The predicted molar refractivity (Wildman–Crippen MR) is 80.1 cm³/mol. The highest BCUT2D eigenvalue weighted by Crippen LogP contribution is 2.58. The Balaban J connectivity index is 1.56. The topological polar surface area (TPSA) is 43.8 Å². The van der Waals surface area contributed by atoms with E-state index < -0.39 is 0 Å². The Morgan fingerprint density at radius 2 is 1.85 bits per heavy atom. The molecule has 1 unspecified atom stereocenters. The van der Waals surface area contributed by atoms with E-state index in [1.807, 2.05) is 6.20 Å². The summed E-state index contributed by atoms with van der Waals surface area (Å²) in [7, 11) is 0. The van der Waals surface area contributed by atoms with Gasteiger partial charge in [0, 0.05) is 17.8 Å². The quantitative estimate of drug-likeness (QED) is 0.909. The minimum Gasteiger partial charge on any atom is -0.324 e. The second-order valence-corrected chi connectivity index (χ2v) is 7.57. The molecule has 1 aromatic rings. The smallest absolute Gasteiger partial charge is 0.0576 e. The largest absolute Gasteiger partial charge is 0.324 e. The van der Waals surface area contributed by atoms with E-state index in [2.05, 4.69) is 17.8 Å². The molecule has 2 N–H and O–H groups in total. The molecule has 5 rings (SSSR count). The number of rotatable bonds is 4. The van der Waals surface area contributed by atoms with Crippen LogP contribution in [-0.4, -0.2) is 9.78 Å². The monoisotopic (exact) mass is 273 g/mol. The van der Waals surface area contributed by atoms with Crippen LogP contribution in [0.3, 0.4) is 0 Å². The molecule has 3 heteroatoms. The zero-order valence-electron chi connectivity index (χ0n) is 12.5. The SMILES string of the molecule is CCCC(N)c1cnn(C2C3CC4CC(C3)CC2C4)c1. The van der Waals surface area contributed by atoms with Gasteiger partial charge in [-0.05, 0) is 62.2 Å². The van der Waals surface area contributed by atoms with Crippen LogP contribution in [0.4, 0.5) is 0 Å². The third kappa shape index (κ3) is 2.02. The molecule has 4 aliphatic rings. The van der Waals surface area contributed by atoms with Gasteiger partial charge in [-0.25, -0.2) is 0 Å². The Bertz CT molecular complexity index is 450. The van der Waals surface area contributed by atoms with Crippen molar-refractivity contribution in [2.45, 2.75) is 64.0 Å². The summed E-state index contributed by atoms with van der Waals surface area (Å²) in [5, 5.41) is 4.70.